The van der Waals surface area contributed by atoms with Gasteiger partial charge in [-0.3, -0.25) is 9.88 Å². The fraction of sp³-hybridized carbons (Fsp3) is 0.250. The number of para-hydroxylation sites is 1. The Morgan fingerprint density at radius 2 is 1.64 bits per heavy atom. The van der Waals surface area contributed by atoms with Gasteiger partial charge in [0.2, 0.25) is 0 Å². The molecule has 3 aromatic rings. The lowest BCUT2D eigenvalue weighted by molar-refractivity contribution is 0.279. The molecule has 0 bridgehead atoms. The molecule has 110 valence electrons. The number of aromatic nitrogens is 1. The van der Waals surface area contributed by atoms with Crippen LogP contribution in [0.5, 0.6) is 0 Å². The van der Waals surface area contributed by atoms with E-state index in [0.717, 1.165) is 38.0 Å². The van der Waals surface area contributed by atoms with Crippen LogP contribution in [0.25, 0.3) is 10.9 Å². The van der Waals surface area contributed by atoms with Gasteiger partial charge in [-0.1, -0.05) is 48.5 Å². The monoisotopic (exact) mass is 288 g/mol. The first kappa shape index (κ1) is 13.5. The highest BCUT2D eigenvalue weighted by atomic mass is 15.1. The van der Waals surface area contributed by atoms with Crippen LogP contribution in [0.4, 0.5) is 0 Å². The largest absolute Gasteiger partial charge is 0.298 e. The van der Waals surface area contributed by atoms with Crippen molar-refractivity contribution in [3.05, 3.63) is 77.5 Å². The summed E-state index contributed by atoms with van der Waals surface area (Å²) in [5, 5.41) is 1.26. The van der Waals surface area contributed by atoms with E-state index in [-0.39, 0.29) is 0 Å². The fourth-order valence-electron chi connectivity index (χ4n) is 3.29. The van der Waals surface area contributed by atoms with Crippen molar-refractivity contribution in [2.24, 2.45) is 0 Å². The average molecular weight is 288 g/mol. The van der Waals surface area contributed by atoms with Gasteiger partial charge in [-0.25, -0.2) is 0 Å². The zero-order valence-corrected chi connectivity index (χ0v) is 12.7. The molecule has 0 atom stereocenters. The van der Waals surface area contributed by atoms with E-state index < -0.39 is 0 Å². The predicted octanol–water partition coefficient (Wildman–Crippen LogP) is 3.84. The SMILES string of the molecule is c1ccc(CN2CCc3cc4ccccc4nc3CC2)cc1. The van der Waals surface area contributed by atoms with Gasteiger partial charge >= 0.3 is 0 Å². The standard InChI is InChI=1S/C20H20N2/c1-2-6-16(7-3-1)15-22-12-10-18-14-17-8-4-5-9-19(17)21-20(18)11-13-22/h1-9,14H,10-13,15H2. The van der Waals surface area contributed by atoms with Gasteiger partial charge in [-0.05, 0) is 29.7 Å². The van der Waals surface area contributed by atoms with Crippen molar-refractivity contribution < 1.29 is 0 Å². The summed E-state index contributed by atoms with van der Waals surface area (Å²) in [5.74, 6) is 0. The fourth-order valence-corrected chi connectivity index (χ4v) is 3.29. The van der Waals surface area contributed by atoms with Gasteiger partial charge in [0.05, 0.1) is 5.52 Å². The van der Waals surface area contributed by atoms with Crippen LogP contribution in [-0.2, 0) is 19.4 Å². The summed E-state index contributed by atoms with van der Waals surface area (Å²) in [5.41, 5.74) is 5.23. The molecule has 2 nitrogen and oxygen atoms in total. The van der Waals surface area contributed by atoms with Gasteiger partial charge in [0.1, 0.15) is 0 Å². The summed E-state index contributed by atoms with van der Waals surface area (Å²) >= 11 is 0. The van der Waals surface area contributed by atoms with Gasteiger partial charge in [-0.15, -0.1) is 0 Å². The van der Waals surface area contributed by atoms with Gasteiger partial charge in [0.25, 0.3) is 0 Å². The first-order valence-corrected chi connectivity index (χ1v) is 8.02. The molecule has 22 heavy (non-hydrogen) atoms. The molecule has 2 heterocycles. The third-order valence-electron chi connectivity index (χ3n) is 4.50. The number of rotatable bonds is 2. The number of nitrogens with zero attached hydrogens (tertiary/aromatic N) is 2. The molecule has 1 aliphatic heterocycles. The zero-order chi connectivity index (χ0) is 14.8. The molecule has 4 rings (SSSR count). The predicted molar refractivity (Wildman–Crippen MR) is 90.9 cm³/mol. The maximum Gasteiger partial charge on any atom is 0.0705 e. The van der Waals surface area contributed by atoms with Crippen LogP contribution in [0, 0.1) is 0 Å². The first-order chi connectivity index (χ1) is 10.9. The van der Waals surface area contributed by atoms with E-state index >= 15 is 0 Å². The molecule has 0 spiro atoms. The molecule has 1 aliphatic rings. The normalized spacial score (nSPS) is 15.5. The lowest BCUT2D eigenvalue weighted by Gasteiger charge is -2.19. The second-order valence-corrected chi connectivity index (χ2v) is 6.05. The van der Waals surface area contributed by atoms with Crippen LogP contribution < -0.4 is 0 Å². The molecular weight excluding hydrogens is 268 g/mol. The van der Waals surface area contributed by atoms with Crippen molar-refractivity contribution in [2.45, 2.75) is 19.4 Å². The molecular formula is C20H20N2. The molecule has 1 aromatic heterocycles. The molecule has 2 heteroatoms. The van der Waals surface area contributed by atoms with Gasteiger partial charge < -0.3 is 0 Å². The highest BCUT2D eigenvalue weighted by Gasteiger charge is 2.15. The molecule has 0 saturated carbocycles. The molecule has 0 aliphatic carbocycles. The molecule has 0 fully saturated rings. The first-order valence-electron chi connectivity index (χ1n) is 8.02. The summed E-state index contributed by atoms with van der Waals surface area (Å²) in [6, 6.07) is 21.5. The minimum atomic E-state index is 1.04. The Balaban J connectivity index is 1.56. The molecule has 0 radical (unpaired) electrons. The Kier molecular flexibility index (Phi) is 3.61. The average Bonchev–Trinajstić information content (AvgIpc) is 2.76. The Morgan fingerprint density at radius 1 is 0.864 bits per heavy atom. The summed E-state index contributed by atoms with van der Waals surface area (Å²) in [6.07, 6.45) is 2.15. The van der Waals surface area contributed by atoms with E-state index in [1.54, 1.807) is 0 Å². The Morgan fingerprint density at radius 3 is 2.55 bits per heavy atom. The van der Waals surface area contributed by atoms with Crippen LogP contribution in [0.1, 0.15) is 16.8 Å². The zero-order valence-electron chi connectivity index (χ0n) is 12.7. The lowest BCUT2D eigenvalue weighted by atomic mass is 10.1. The minimum Gasteiger partial charge on any atom is -0.298 e. The van der Waals surface area contributed by atoms with Crippen molar-refractivity contribution in [1.29, 1.82) is 0 Å². The third-order valence-corrected chi connectivity index (χ3v) is 4.50. The van der Waals surface area contributed by atoms with E-state index in [1.165, 1.54) is 22.2 Å². The van der Waals surface area contributed by atoms with E-state index in [0.29, 0.717) is 0 Å². The maximum atomic E-state index is 4.89. The van der Waals surface area contributed by atoms with E-state index in [9.17, 15) is 0 Å². The third kappa shape index (κ3) is 2.75. The van der Waals surface area contributed by atoms with Crippen molar-refractivity contribution in [1.82, 2.24) is 9.88 Å². The topological polar surface area (TPSA) is 16.1 Å². The van der Waals surface area contributed by atoms with Gasteiger partial charge in [0.15, 0.2) is 0 Å². The summed E-state index contributed by atoms with van der Waals surface area (Å²) < 4.78 is 0. The summed E-state index contributed by atoms with van der Waals surface area (Å²) in [7, 11) is 0. The van der Waals surface area contributed by atoms with E-state index in [2.05, 4.69) is 65.6 Å². The quantitative estimate of drug-likeness (QED) is 0.712. The number of pyridine rings is 1. The summed E-state index contributed by atoms with van der Waals surface area (Å²) in [4.78, 5) is 7.43. The van der Waals surface area contributed by atoms with Gasteiger partial charge in [0, 0.05) is 37.1 Å². The molecule has 2 aromatic carbocycles. The van der Waals surface area contributed by atoms with Crippen LogP contribution >= 0.6 is 0 Å². The van der Waals surface area contributed by atoms with Crippen molar-refractivity contribution in [3.8, 4) is 0 Å². The van der Waals surface area contributed by atoms with Crippen LogP contribution in [0.15, 0.2) is 60.7 Å². The smallest absolute Gasteiger partial charge is 0.0705 e. The van der Waals surface area contributed by atoms with Crippen molar-refractivity contribution in [2.75, 3.05) is 13.1 Å². The Bertz CT molecular complexity index is 734. The molecule has 0 N–H and O–H groups in total. The maximum absolute atomic E-state index is 4.89. The van der Waals surface area contributed by atoms with Crippen LogP contribution in [-0.4, -0.2) is 23.0 Å². The van der Waals surface area contributed by atoms with E-state index in [1.807, 2.05) is 0 Å². The lowest BCUT2D eigenvalue weighted by Crippen LogP contribution is -2.25. The Labute approximate surface area is 131 Å². The van der Waals surface area contributed by atoms with Crippen molar-refractivity contribution in [3.63, 3.8) is 0 Å². The second-order valence-electron chi connectivity index (χ2n) is 6.05. The highest BCUT2D eigenvalue weighted by molar-refractivity contribution is 5.79. The van der Waals surface area contributed by atoms with Crippen LogP contribution in [0.2, 0.25) is 0 Å². The molecule has 0 amide bonds. The summed E-state index contributed by atoms with van der Waals surface area (Å²) in [6.45, 7) is 3.24. The number of benzene rings is 2. The highest BCUT2D eigenvalue weighted by Crippen LogP contribution is 2.21. The number of hydrogen-bond acceptors (Lipinski definition) is 2. The number of fused-ring (bicyclic) bond motifs is 2. The van der Waals surface area contributed by atoms with E-state index in [4.69, 9.17) is 4.98 Å². The second kappa shape index (κ2) is 5.90. The minimum absolute atomic E-state index is 1.04. The number of hydrogen-bond donors (Lipinski definition) is 0. The van der Waals surface area contributed by atoms with Crippen LogP contribution in [0.3, 0.4) is 0 Å². The Hall–Kier alpha value is -2.19. The van der Waals surface area contributed by atoms with Crippen molar-refractivity contribution >= 4 is 10.9 Å². The van der Waals surface area contributed by atoms with Gasteiger partial charge in [-0.2, -0.15) is 0 Å². The molecule has 0 saturated heterocycles. The molecule has 0 unspecified atom stereocenters.